The van der Waals surface area contributed by atoms with Crippen LogP contribution in [0.4, 0.5) is 4.39 Å². The third kappa shape index (κ3) is 7.38. The van der Waals surface area contributed by atoms with E-state index in [1.54, 1.807) is 36.4 Å². The largest absolute Gasteiger partial charge is 0.508 e. The van der Waals surface area contributed by atoms with Gasteiger partial charge in [0.25, 0.3) is 0 Å². The molecule has 2 aromatic carbocycles. The van der Waals surface area contributed by atoms with Crippen LogP contribution >= 0.6 is 36.6 Å². The van der Waals surface area contributed by atoms with E-state index >= 15 is 0 Å². The van der Waals surface area contributed by atoms with Gasteiger partial charge in [-0.15, -0.1) is 24.8 Å². The van der Waals surface area contributed by atoms with Gasteiger partial charge in [0, 0.05) is 17.7 Å². The van der Waals surface area contributed by atoms with E-state index in [1.807, 2.05) is 6.92 Å². The van der Waals surface area contributed by atoms with Crippen LogP contribution in [0, 0.1) is 5.82 Å². The van der Waals surface area contributed by atoms with Crippen molar-refractivity contribution in [3.05, 3.63) is 65.0 Å². The number of nitrogens with zero attached hydrogens (tertiary/aromatic N) is 1. The van der Waals surface area contributed by atoms with Crippen LogP contribution in [0.25, 0.3) is 0 Å². The molecule has 1 aliphatic heterocycles. The highest BCUT2D eigenvalue weighted by atomic mass is 35.5. The molecule has 0 fully saturated rings. The Balaban J connectivity index is 0.00000300. The lowest BCUT2D eigenvalue weighted by molar-refractivity contribution is -0.119. The smallest absolute Gasteiger partial charge is 0.154 e. The average Bonchev–Trinajstić information content (AvgIpc) is 2.64. The number of hydrogen-bond acceptors (Lipinski definition) is 6. The van der Waals surface area contributed by atoms with E-state index in [2.05, 4.69) is 4.99 Å². The van der Waals surface area contributed by atoms with Crippen LogP contribution in [0.15, 0.2) is 47.5 Å². The zero-order valence-corrected chi connectivity index (χ0v) is 19.0. The predicted octanol–water partition coefficient (Wildman–Crippen LogP) is 4.36. The van der Waals surface area contributed by atoms with Gasteiger partial charge in [0.1, 0.15) is 11.6 Å². The average molecular weight is 490 g/mol. The van der Waals surface area contributed by atoms with Gasteiger partial charge in [-0.3, -0.25) is 9.79 Å². The van der Waals surface area contributed by atoms with Crippen molar-refractivity contribution in [1.82, 2.24) is 0 Å². The molecule has 9 heteroatoms. The fourth-order valence-corrected chi connectivity index (χ4v) is 4.28. The van der Waals surface area contributed by atoms with Gasteiger partial charge < -0.3 is 16.6 Å². The number of carbonyl (C=O) groups is 1. The van der Waals surface area contributed by atoms with Gasteiger partial charge in [0.05, 0.1) is 11.6 Å². The van der Waals surface area contributed by atoms with E-state index in [1.165, 1.54) is 17.8 Å². The van der Waals surface area contributed by atoms with E-state index in [9.17, 15) is 14.3 Å². The van der Waals surface area contributed by atoms with Gasteiger partial charge in [0.15, 0.2) is 11.0 Å². The van der Waals surface area contributed by atoms with Crippen LogP contribution in [-0.2, 0) is 23.2 Å². The molecule has 1 heterocycles. The first-order valence-electron chi connectivity index (χ1n) is 9.10. The number of phenols is 1. The third-order valence-electron chi connectivity index (χ3n) is 4.99. The van der Waals surface area contributed by atoms with Crippen molar-refractivity contribution in [2.75, 3.05) is 5.75 Å². The monoisotopic (exact) mass is 489 g/mol. The van der Waals surface area contributed by atoms with Crippen LogP contribution in [0.2, 0.25) is 0 Å². The normalized spacial score (nSPS) is 18.5. The summed E-state index contributed by atoms with van der Waals surface area (Å²) in [4.78, 5) is 17.0. The highest BCUT2D eigenvalue weighted by Crippen LogP contribution is 2.36. The number of benzene rings is 2. The van der Waals surface area contributed by atoms with E-state index in [0.29, 0.717) is 29.1 Å². The number of halogens is 3. The van der Waals surface area contributed by atoms with Crippen LogP contribution < -0.4 is 11.5 Å². The quantitative estimate of drug-likeness (QED) is 0.559. The van der Waals surface area contributed by atoms with Crippen LogP contribution in [0.3, 0.4) is 0 Å². The number of carbonyl (C=O) groups excluding carboxylic acids is 1. The number of amidine groups is 1. The minimum atomic E-state index is -0.730. The predicted molar refractivity (Wildman–Crippen MR) is 132 cm³/mol. The summed E-state index contributed by atoms with van der Waals surface area (Å²) in [7, 11) is 0. The number of hydrogen-bond donors (Lipinski definition) is 3. The highest BCUT2D eigenvalue weighted by molar-refractivity contribution is 8.13. The van der Waals surface area contributed by atoms with Gasteiger partial charge in [-0.2, -0.15) is 0 Å². The van der Waals surface area contributed by atoms with Gasteiger partial charge >= 0.3 is 0 Å². The van der Waals surface area contributed by atoms with Gasteiger partial charge in [-0.1, -0.05) is 43.5 Å². The molecule has 0 spiro atoms. The SMILES string of the molecule is C.C[C@@]1(c2cc(CC(=O)[C@H](N)Cc3ccc(O)cc3)ccc2F)CCSC(N)=N1.Cl.Cl. The number of Topliss-reactive ketones (excluding diaryl/α,β-unsaturated/α-hetero) is 1. The summed E-state index contributed by atoms with van der Waals surface area (Å²) in [5.74, 6) is 0.459. The summed E-state index contributed by atoms with van der Waals surface area (Å²) in [5.41, 5.74) is 13.2. The van der Waals surface area contributed by atoms with Gasteiger partial charge in [-0.05, 0) is 49.1 Å². The summed E-state index contributed by atoms with van der Waals surface area (Å²) >= 11 is 1.46. The fraction of sp³-hybridized carbons (Fsp3) is 0.364. The number of thioether (sulfide) groups is 1. The number of nitrogens with two attached hydrogens (primary N) is 2. The zero-order valence-electron chi connectivity index (χ0n) is 16.5. The van der Waals surface area contributed by atoms with Crippen LogP contribution in [0.5, 0.6) is 5.75 Å². The number of aliphatic imine (C=N–C) groups is 1. The van der Waals surface area contributed by atoms with Crippen molar-refractivity contribution in [2.45, 2.75) is 45.2 Å². The molecule has 0 bridgehead atoms. The molecule has 0 saturated carbocycles. The van der Waals surface area contributed by atoms with Crippen molar-refractivity contribution in [2.24, 2.45) is 16.5 Å². The first-order valence-corrected chi connectivity index (χ1v) is 10.1. The molecule has 0 unspecified atom stereocenters. The Hall–Kier alpha value is -1.80. The molecule has 2 aromatic rings. The Labute approximate surface area is 199 Å². The molecule has 5 N–H and O–H groups in total. The first kappa shape index (κ1) is 29.2. The second kappa shape index (κ2) is 12.3. The molecule has 172 valence electrons. The molecule has 0 saturated heterocycles. The molecule has 3 rings (SSSR count). The minimum Gasteiger partial charge on any atom is -0.508 e. The molecule has 1 aliphatic rings. The Kier molecular flexibility index (Phi) is 11.6. The van der Waals surface area contributed by atoms with E-state index in [4.69, 9.17) is 11.5 Å². The van der Waals surface area contributed by atoms with Crippen LogP contribution in [0.1, 0.15) is 37.5 Å². The maximum absolute atomic E-state index is 14.5. The number of phenolic OH excluding ortho intramolecular Hbond substituents is 1. The van der Waals surface area contributed by atoms with Gasteiger partial charge in [0.2, 0.25) is 0 Å². The second-order valence-corrected chi connectivity index (χ2v) is 8.37. The molecule has 5 nitrogen and oxygen atoms in total. The lowest BCUT2D eigenvalue weighted by Gasteiger charge is -2.30. The lowest BCUT2D eigenvalue weighted by atomic mass is 9.87. The number of aromatic hydroxyl groups is 1. The number of rotatable bonds is 6. The fourth-order valence-electron chi connectivity index (χ4n) is 3.31. The molecule has 0 radical (unpaired) electrons. The summed E-state index contributed by atoms with van der Waals surface area (Å²) < 4.78 is 14.5. The topological polar surface area (TPSA) is 102 Å². The Morgan fingerprint density at radius 2 is 1.84 bits per heavy atom. The Morgan fingerprint density at radius 3 is 2.45 bits per heavy atom. The van der Waals surface area contributed by atoms with Gasteiger partial charge in [-0.25, -0.2) is 4.39 Å². The van der Waals surface area contributed by atoms with E-state index < -0.39 is 11.6 Å². The van der Waals surface area contributed by atoms with Crippen molar-refractivity contribution in [1.29, 1.82) is 0 Å². The Bertz CT molecular complexity index is 912. The third-order valence-corrected chi connectivity index (χ3v) is 5.79. The first-order chi connectivity index (χ1) is 13.3. The zero-order chi connectivity index (χ0) is 20.3. The molecular formula is C22H30Cl2FN3O2S. The molecule has 0 aromatic heterocycles. The maximum atomic E-state index is 14.5. The standard InChI is InChI=1S/C21H24FN3O2S.CH4.2ClH/c1-21(8-9-28-20(24)25-21)16-10-14(4-7-17(16)22)12-19(27)18(23)11-13-2-5-15(26)6-3-13;;;/h2-7,10,18,26H,8-9,11-12,23H2,1H3,(H2,24,25);1H4;2*1H/t18-,21+;;;/m1.../s1. The second-order valence-electron chi connectivity index (χ2n) is 7.26. The molecule has 2 atom stereocenters. The van der Waals surface area contributed by atoms with Crippen molar-refractivity contribution < 1.29 is 14.3 Å². The summed E-state index contributed by atoms with van der Waals surface area (Å²) in [6, 6.07) is 10.6. The van der Waals surface area contributed by atoms with E-state index in [0.717, 1.165) is 11.3 Å². The number of ketones is 1. The van der Waals surface area contributed by atoms with Crippen molar-refractivity contribution in [3.63, 3.8) is 0 Å². The summed E-state index contributed by atoms with van der Waals surface area (Å²) in [6.07, 6.45) is 1.17. The van der Waals surface area contributed by atoms with Crippen molar-refractivity contribution >= 4 is 47.5 Å². The van der Waals surface area contributed by atoms with Crippen LogP contribution in [-0.4, -0.2) is 27.9 Å². The molecule has 0 amide bonds. The molecular weight excluding hydrogens is 460 g/mol. The lowest BCUT2D eigenvalue weighted by Crippen LogP contribution is -2.34. The van der Waals surface area contributed by atoms with E-state index in [-0.39, 0.29) is 56.0 Å². The van der Waals surface area contributed by atoms with Crippen molar-refractivity contribution in [3.8, 4) is 5.75 Å². The minimum absolute atomic E-state index is 0. The maximum Gasteiger partial charge on any atom is 0.154 e. The highest BCUT2D eigenvalue weighted by Gasteiger charge is 2.32. The molecule has 0 aliphatic carbocycles. The Morgan fingerprint density at radius 1 is 1.23 bits per heavy atom. The summed E-state index contributed by atoms with van der Waals surface area (Å²) in [6.45, 7) is 1.86. The molecule has 31 heavy (non-hydrogen) atoms. The summed E-state index contributed by atoms with van der Waals surface area (Å²) in [5, 5.41) is 9.79.